The second-order valence-corrected chi connectivity index (χ2v) is 6.44. The molecule has 8 heteroatoms. The lowest BCUT2D eigenvalue weighted by molar-refractivity contribution is 0.102. The molecule has 0 unspecified atom stereocenters. The number of rotatable bonds is 3. The number of carbonyl (C=O) groups is 1. The maximum atomic E-state index is 12.7. The molecule has 1 aromatic carbocycles. The topological polar surface area (TPSA) is 98.2 Å². The van der Waals surface area contributed by atoms with Gasteiger partial charge in [0.25, 0.3) is 5.91 Å². The first-order valence-corrected chi connectivity index (χ1v) is 8.53. The maximum Gasteiger partial charge on any atom is 0.257 e. The number of pyridine rings is 2. The maximum absolute atomic E-state index is 12.7. The molecule has 4 rings (SSSR count). The van der Waals surface area contributed by atoms with Crippen molar-refractivity contribution < 1.29 is 4.79 Å². The molecular weight excluding hydrogens is 364 g/mol. The molecule has 0 fully saturated rings. The van der Waals surface area contributed by atoms with Crippen LogP contribution in [0.4, 0.5) is 11.5 Å². The van der Waals surface area contributed by atoms with Gasteiger partial charge in [-0.05, 0) is 42.8 Å². The van der Waals surface area contributed by atoms with Crippen molar-refractivity contribution in [2.45, 2.75) is 6.92 Å². The zero-order valence-electron chi connectivity index (χ0n) is 14.3. The Kier molecular flexibility index (Phi) is 4.21. The molecule has 4 aromatic rings. The molecule has 3 N–H and O–H groups in total. The lowest BCUT2D eigenvalue weighted by Crippen LogP contribution is -2.13. The minimum absolute atomic E-state index is 0.292. The highest BCUT2D eigenvalue weighted by atomic mass is 35.5. The molecule has 0 spiro atoms. The average molecular weight is 379 g/mol. The predicted molar refractivity (Wildman–Crippen MR) is 105 cm³/mol. The fourth-order valence-electron chi connectivity index (χ4n) is 2.77. The second-order valence-electron chi connectivity index (χ2n) is 6.01. The van der Waals surface area contributed by atoms with E-state index >= 15 is 0 Å². The van der Waals surface area contributed by atoms with E-state index in [2.05, 4.69) is 20.4 Å². The summed E-state index contributed by atoms with van der Waals surface area (Å²) in [6.45, 7) is 1.80. The number of amides is 1. The molecular formula is C19H15ClN6O. The highest BCUT2D eigenvalue weighted by Crippen LogP contribution is 2.27. The van der Waals surface area contributed by atoms with Crippen LogP contribution in [0.1, 0.15) is 16.2 Å². The SMILES string of the molecule is Cc1nc2c(-c3cccc(Cl)c3)cc(C(=O)Nc3ccc(N)nc3)cn2n1. The first kappa shape index (κ1) is 17.0. The third-order valence-corrected chi connectivity index (χ3v) is 4.22. The summed E-state index contributed by atoms with van der Waals surface area (Å²) in [5, 5.41) is 7.75. The Morgan fingerprint density at radius 3 is 2.81 bits per heavy atom. The summed E-state index contributed by atoms with van der Waals surface area (Å²) >= 11 is 6.13. The molecule has 1 amide bonds. The Labute approximate surface area is 159 Å². The molecule has 0 radical (unpaired) electrons. The molecule has 3 aromatic heterocycles. The predicted octanol–water partition coefficient (Wildman–Crippen LogP) is 3.59. The average Bonchev–Trinajstić information content (AvgIpc) is 3.02. The number of nitrogens with zero attached hydrogens (tertiary/aromatic N) is 4. The van der Waals surface area contributed by atoms with Crippen molar-refractivity contribution in [1.82, 2.24) is 19.6 Å². The smallest absolute Gasteiger partial charge is 0.257 e. The van der Waals surface area contributed by atoms with Gasteiger partial charge in [-0.15, -0.1) is 0 Å². The summed E-state index contributed by atoms with van der Waals surface area (Å²) in [5.74, 6) is 0.703. The van der Waals surface area contributed by atoms with Crippen molar-refractivity contribution in [3.63, 3.8) is 0 Å². The summed E-state index contributed by atoms with van der Waals surface area (Å²) < 4.78 is 1.60. The number of fused-ring (bicyclic) bond motifs is 1. The Morgan fingerprint density at radius 1 is 1.22 bits per heavy atom. The van der Waals surface area contributed by atoms with Crippen LogP contribution in [0.25, 0.3) is 16.8 Å². The second kappa shape index (κ2) is 6.69. The van der Waals surface area contributed by atoms with Crippen LogP contribution < -0.4 is 11.1 Å². The number of halogens is 1. The van der Waals surface area contributed by atoms with Crippen molar-refractivity contribution in [3.05, 3.63) is 71.3 Å². The summed E-state index contributed by atoms with van der Waals surface area (Å²) in [6, 6.07) is 12.5. The number of nitrogen functional groups attached to an aromatic ring is 1. The van der Waals surface area contributed by atoms with Crippen LogP contribution in [0.3, 0.4) is 0 Å². The van der Waals surface area contributed by atoms with Crippen LogP contribution in [0.15, 0.2) is 54.9 Å². The summed E-state index contributed by atoms with van der Waals surface area (Å²) in [6.07, 6.45) is 3.15. The summed E-state index contributed by atoms with van der Waals surface area (Å²) in [5.41, 5.74) is 8.82. The molecule has 3 heterocycles. The van der Waals surface area contributed by atoms with E-state index in [1.165, 1.54) is 6.20 Å². The largest absolute Gasteiger partial charge is 0.384 e. The number of nitrogens with two attached hydrogens (primary N) is 1. The van der Waals surface area contributed by atoms with Crippen LogP contribution >= 0.6 is 11.6 Å². The molecule has 0 saturated carbocycles. The summed E-state index contributed by atoms with van der Waals surface area (Å²) in [4.78, 5) is 21.2. The van der Waals surface area contributed by atoms with Gasteiger partial charge in [0.2, 0.25) is 0 Å². The van der Waals surface area contributed by atoms with Crippen LogP contribution in [0.2, 0.25) is 5.02 Å². The monoisotopic (exact) mass is 378 g/mol. The van der Waals surface area contributed by atoms with Crippen LogP contribution in [-0.2, 0) is 0 Å². The number of aryl methyl sites for hydroxylation is 1. The molecule has 0 aliphatic heterocycles. The number of benzene rings is 1. The Hall–Kier alpha value is -3.45. The van der Waals surface area contributed by atoms with Gasteiger partial charge in [-0.25, -0.2) is 14.5 Å². The fraction of sp³-hybridized carbons (Fsp3) is 0.0526. The number of hydrogen-bond acceptors (Lipinski definition) is 5. The normalized spacial score (nSPS) is 10.9. The number of carbonyl (C=O) groups excluding carboxylic acids is 1. The third-order valence-electron chi connectivity index (χ3n) is 3.98. The van der Waals surface area contributed by atoms with Gasteiger partial charge in [-0.1, -0.05) is 23.7 Å². The zero-order valence-corrected chi connectivity index (χ0v) is 15.1. The molecule has 0 aliphatic carbocycles. The van der Waals surface area contributed by atoms with E-state index in [1.54, 1.807) is 41.9 Å². The van der Waals surface area contributed by atoms with Crippen molar-refractivity contribution in [2.24, 2.45) is 0 Å². The van der Waals surface area contributed by atoms with Gasteiger partial charge < -0.3 is 11.1 Å². The number of nitrogens with one attached hydrogen (secondary N) is 1. The Morgan fingerprint density at radius 2 is 2.07 bits per heavy atom. The quantitative estimate of drug-likeness (QED) is 0.567. The summed E-state index contributed by atoms with van der Waals surface area (Å²) in [7, 11) is 0. The highest BCUT2D eigenvalue weighted by Gasteiger charge is 2.15. The van der Waals surface area contributed by atoms with Crippen molar-refractivity contribution in [2.75, 3.05) is 11.1 Å². The molecule has 7 nitrogen and oxygen atoms in total. The number of hydrogen-bond donors (Lipinski definition) is 2. The standard InChI is InChI=1S/C19H15ClN6O/c1-11-23-18-16(12-3-2-4-14(20)7-12)8-13(10-26(18)25-11)19(27)24-15-5-6-17(21)22-9-15/h2-10H,1H3,(H2,21,22)(H,24,27). The van der Waals surface area contributed by atoms with Gasteiger partial charge in [0.15, 0.2) is 5.65 Å². The van der Waals surface area contributed by atoms with Gasteiger partial charge in [-0.3, -0.25) is 4.79 Å². The lowest BCUT2D eigenvalue weighted by Gasteiger charge is -2.09. The zero-order chi connectivity index (χ0) is 19.0. The van der Waals surface area contributed by atoms with Gasteiger partial charge in [-0.2, -0.15) is 5.10 Å². The first-order chi connectivity index (χ1) is 13.0. The molecule has 0 aliphatic rings. The molecule has 0 saturated heterocycles. The van der Waals surface area contributed by atoms with Crippen molar-refractivity contribution in [3.8, 4) is 11.1 Å². The van der Waals surface area contributed by atoms with Gasteiger partial charge in [0.05, 0.1) is 17.4 Å². The van der Waals surface area contributed by atoms with Crippen LogP contribution in [0.5, 0.6) is 0 Å². The Balaban J connectivity index is 1.79. The van der Waals surface area contributed by atoms with E-state index in [9.17, 15) is 4.79 Å². The Bertz CT molecular complexity index is 1150. The molecule has 0 atom stereocenters. The first-order valence-electron chi connectivity index (χ1n) is 8.15. The number of anilines is 2. The van der Waals surface area contributed by atoms with E-state index in [1.807, 2.05) is 18.2 Å². The molecule has 0 bridgehead atoms. The van der Waals surface area contributed by atoms with E-state index in [4.69, 9.17) is 17.3 Å². The van der Waals surface area contributed by atoms with E-state index in [0.717, 1.165) is 11.1 Å². The minimum Gasteiger partial charge on any atom is -0.384 e. The van der Waals surface area contributed by atoms with Crippen LogP contribution in [0, 0.1) is 6.92 Å². The van der Waals surface area contributed by atoms with Gasteiger partial charge in [0, 0.05) is 16.8 Å². The van der Waals surface area contributed by atoms with Crippen molar-refractivity contribution in [1.29, 1.82) is 0 Å². The molecule has 27 heavy (non-hydrogen) atoms. The van der Waals surface area contributed by atoms with E-state index < -0.39 is 0 Å². The molecule has 134 valence electrons. The van der Waals surface area contributed by atoms with Gasteiger partial charge >= 0.3 is 0 Å². The van der Waals surface area contributed by atoms with Gasteiger partial charge in [0.1, 0.15) is 11.6 Å². The minimum atomic E-state index is -0.292. The fourth-order valence-corrected chi connectivity index (χ4v) is 2.96. The number of aromatic nitrogens is 4. The van der Waals surface area contributed by atoms with Crippen LogP contribution in [-0.4, -0.2) is 25.5 Å². The highest BCUT2D eigenvalue weighted by molar-refractivity contribution is 6.30. The lowest BCUT2D eigenvalue weighted by atomic mass is 10.0. The van der Waals surface area contributed by atoms with Crippen molar-refractivity contribution >= 4 is 34.7 Å². The van der Waals surface area contributed by atoms with E-state index in [-0.39, 0.29) is 5.91 Å². The van der Waals surface area contributed by atoms with E-state index in [0.29, 0.717) is 33.6 Å². The third kappa shape index (κ3) is 3.45.